The van der Waals surface area contributed by atoms with Crippen LogP contribution in [0.15, 0.2) is 11.4 Å². The fraction of sp³-hybridized carbons (Fsp3) is 0.583. The van der Waals surface area contributed by atoms with Gasteiger partial charge < -0.3 is 10.4 Å². The molecule has 1 unspecified atom stereocenters. The molecular weight excluding hydrogens is 222 g/mol. The number of hydrogen-bond acceptors (Lipinski definition) is 3. The molecule has 1 aromatic rings. The summed E-state index contributed by atoms with van der Waals surface area (Å²) in [5, 5.41) is 14.1. The van der Waals surface area contributed by atoms with Crippen molar-refractivity contribution in [1.29, 1.82) is 0 Å². The maximum atomic E-state index is 10.9. The van der Waals surface area contributed by atoms with E-state index in [-0.39, 0.29) is 0 Å². The Bertz CT molecular complexity index is 336. The Balaban J connectivity index is 2.42. The minimum Gasteiger partial charge on any atom is -0.477 e. The lowest BCUT2D eigenvalue weighted by molar-refractivity contribution is 0.0701. The summed E-state index contributed by atoms with van der Waals surface area (Å²) in [5.74, 6) is -0.826. The van der Waals surface area contributed by atoms with Crippen molar-refractivity contribution < 1.29 is 9.90 Å². The zero-order valence-electron chi connectivity index (χ0n) is 9.82. The fourth-order valence-electron chi connectivity index (χ4n) is 1.56. The number of hydrogen-bond donors (Lipinski definition) is 2. The highest BCUT2D eigenvalue weighted by atomic mass is 32.1. The van der Waals surface area contributed by atoms with E-state index >= 15 is 0 Å². The van der Waals surface area contributed by atoms with Crippen LogP contribution in [0.1, 0.15) is 48.3 Å². The van der Waals surface area contributed by atoms with Crippen LogP contribution < -0.4 is 5.32 Å². The van der Waals surface area contributed by atoms with Crippen LogP contribution in [0.5, 0.6) is 0 Å². The fourth-order valence-corrected chi connectivity index (χ4v) is 2.32. The van der Waals surface area contributed by atoms with Crippen molar-refractivity contribution in [3.63, 3.8) is 0 Å². The second kappa shape index (κ2) is 6.66. The predicted molar refractivity (Wildman–Crippen MR) is 67.1 cm³/mol. The van der Waals surface area contributed by atoms with Crippen molar-refractivity contribution in [2.75, 3.05) is 0 Å². The highest BCUT2D eigenvalue weighted by molar-refractivity contribution is 7.12. The Kier molecular flexibility index (Phi) is 5.49. The second-order valence-corrected chi connectivity index (χ2v) is 4.92. The van der Waals surface area contributed by atoms with Crippen molar-refractivity contribution in [2.45, 2.75) is 45.7 Å². The van der Waals surface area contributed by atoms with Crippen molar-refractivity contribution in [1.82, 2.24) is 5.32 Å². The molecule has 90 valence electrons. The molecule has 1 atom stereocenters. The Morgan fingerprint density at radius 3 is 3.00 bits per heavy atom. The molecule has 16 heavy (non-hydrogen) atoms. The molecule has 0 aromatic carbocycles. The molecule has 0 saturated carbocycles. The summed E-state index contributed by atoms with van der Waals surface area (Å²) in [4.78, 5) is 11.3. The summed E-state index contributed by atoms with van der Waals surface area (Å²) in [5.41, 5.74) is 0.890. The quantitative estimate of drug-likeness (QED) is 0.771. The molecule has 0 fully saturated rings. The zero-order chi connectivity index (χ0) is 12.0. The first-order chi connectivity index (χ1) is 7.65. The Hall–Kier alpha value is -0.870. The number of nitrogens with one attached hydrogen (secondary N) is 1. The topological polar surface area (TPSA) is 49.3 Å². The van der Waals surface area contributed by atoms with Crippen LogP contribution >= 0.6 is 11.3 Å². The minimum atomic E-state index is -0.826. The van der Waals surface area contributed by atoms with E-state index in [0.717, 1.165) is 12.0 Å². The van der Waals surface area contributed by atoms with Gasteiger partial charge in [0.05, 0.1) is 0 Å². The highest BCUT2D eigenvalue weighted by Gasteiger charge is 2.11. The average Bonchev–Trinajstić information content (AvgIpc) is 2.71. The number of rotatable bonds is 7. The first kappa shape index (κ1) is 13.2. The number of carboxylic acids is 1. The van der Waals surface area contributed by atoms with E-state index in [1.807, 2.05) is 11.4 Å². The van der Waals surface area contributed by atoms with Crippen LogP contribution in [0.4, 0.5) is 0 Å². The number of unbranched alkanes of at least 4 members (excludes halogenated alkanes) is 1. The highest BCUT2D eigenvalue weighted by Crippen LogP contribution is 2.16. The number of carboxylic acid groups (broad SMARTS) is 1. The summed E-state index contributed by atoms with van der Waals surface area (Å²) in [6.07, 6.45) is 3.55. The van der Waals surface area contributed by atoms with Gasteiger partial charge in [0.25, 0.3) is 0 Å². The van der Waals surface area contributed by atoms with E-state index < -0.39 is 5.97 Å². The molecule has 0 aliphatic carbocycles. The Morgan fingerprint density at radius 2 is 2.38 bits per heavy atom. The van der Waals surface area contributed by atoms with Crippen LogP contribution in [0.25, 0.3) is 0 Å². The molecule has 1 heterocycles. The van der Waals surface area contributed by atoms with E-state index in [1.54, 1.807) is 0 Å². The van der Waals surface area contributed by atoms with Crippen LogP contribution in [0.2, 0.25) is 0 Å². The SMILES string of the molecule is CCCCC(C)NCc1ccsc1C(=O)O. The normalized spacial score (nSPS) is 12.6. The van der Waals surface area contributed by atoms with Gasteiger partial charge in [0, 0.05) is 12.6 Å². The molecule has 1 aromatic heterocycles. The van der Waals surface area contributed by atoms with Crippen LogP contribution in [0.3, 0.4) is 0 Å². The molecule has 0 saturated heterocycles. The van der Waals surface area contributed by atoms with E-state index in [0.29, 0.717) is 17.5 Å². The third kappa shape index (κ3) is 3.94. The maximum absolute atomic E-state index is 10.9. The van der Waals surface area contributed by atoms with Crippen molar-refractivity contribution in [2.24, 2.45) is 0 Å². The average molecular weight is 241 g/mol. The molecule has 0 bridgehead atoms. The van der Waals surface area contributed by atoms with Crippen LogP contribution in [-0.2, 0) is 6.54 Å². The summed E-state index contributed by atoms with van der Waals surface area (Å²) in [6, 6.07) is 2.33. The van der Waals surface area contributed by atoms with E-state index in [9.17, 15) is 4.79 Å². The van der Waals surface area contributed by atoms with Crippen molar-refractivity contribution in [3.05, 3.63) is 21.9 Å². The van der Waals surface area contributed by atoms with Crippen LogP contribution in [-0.4, -0.2) is 17.1 Å². The van der Waals surface area contributed by atoms with Gasteiger partial charge in [-0.25, -0.2) is 4.79 Å². The van der Waals surface area contributed by atoms with Gasteiger partial charge in [-0.1, -0.05) is 19.8 Å². The molecule has 0 aliphatic rings. The lowest BCUT2D eigenvalue weighted by Gasteiger charge is -2.12. The third-order valence-corrected chi connectivity index (χ3v) is 3.52. The van der Waals surface area contributed by atoms with Gasteiger partial charge in [-0.05, 0) is 30.4 Å². The molecular formula is C12H19NO2S. The monoisotopic (exact) mass is 241 g/mol. The standard InChI is InChI=1S/C12H19NO2S/c1-3-4-5-9(2)13-8-10-6-7-16-11(10)12(14)15/h6-7,9,13H,3-5,8H2,1-2H3,(H,14,15). The van der Waals surface area contributed by atoms with E-state index in [2.05, 4.69) is 19.2 Å². The summed E-state index contributed by atoms with van der Waals surface area (Å²) in [6.45, 7) is 4.96. The van der Waals surface area contributed by atoms with Gasteiger partial charge in [0.15, 0.2) is 0 Å². The lowest BCUT2D eigenvalue weighted by Crippen LogP contribution is -2.25. The van der Waals surface area contributed by atoms with E-state index in [1.165, 1.54) is 24.2 Å². The number of thiophene rings is 1. The summed E-state index contributed by atoms with van der Waals surface area (Å²) >= 11 is 1.29. The van der Waals surface area contributed by atoms with E-state index in [4.69, 9.17) is 5.11 Å². The van der Waals surface area contributed by atoms with Gasteiger partial charge in [-0.3, -0.25) is 0 Å². The third-order valence-electron chi connectivity index (χ3n) is 2.57. The zero-order valence-corrected chi connectivity index (χ0v) is 10.6. The molecule has 0 aliphatic heterocycles. The van der Waals surface area contributed by atoms with Gasteiger partial charge in [0.1, 0.15) is 4.88 Å². The predicted octanol–water partition coefficient (Wildman–Crippen LogP) is 3.11. The summed E-state index contributed by atoms with van der Waals surface area (Å²) in [7, 11) is 0. The van der Waals surface area contributed by atoms with Gasteiger partial charge >= 0.3 is 5.97 Å². The summed E-state index contributed by atoms with van der Waals surface area (Å²) < 4.78 is 0. The Labute approximate surface area is 100 Å². The molecule has 0 spiro atoms. The first-order valence-electron chi connectivity index (χ1n) is 5.68. The van der Waals surface area contributed by atoms with Crippen LogP contribution in [0, 0.1) is 0 Å². The van der Waals surface area contributed by atoms with Gasteiger partial charge in [0.2, 0.25) is 0 Å². The lowest BCUT2D eigenvalue weighted by atomic mass is 10.1. The molecule has 0 radical (unpaired) electrons. The molecule has 3 nitrogen and oxygen atoms in total. The largest absolute Gasteiger partial charge is 0.477 e. The maximum Gasteiger partial charge on any atom is 0.346 e. The van der Waals surface area contributed by atoms with Crippen molar-refractivity contribution in [3.8, 4) is 0 Å². The first-order valence-corrected chi connectivity index (χ1v) is 6.56. The molecule has 2 N–H and O–H groups in total. The molecule has 1 rings (SSSR count). The molecule has 0 amide bonds. The smallest absolute Gasteiger partial charge is 0.346 e. The van der Waals surface area contributed by atoms with Gasteiger partial charge in [-0.2, -0.15) is 0 Å². The number of aromatic carboxylic acids is 1. The number of carbonyl (C=O) groups is 1. The molecule has 4 heteroatoms. The minimum absolute atomic E-state index is 0.446. The van der Waals surface area contributed by atoms with Crippen molar-refractivity contribution >= 4 is 17.3 Å². The second-order valence-electron chi connectivity index (χ2n) is 4.00. The van der Waals surface area contributed by atoms with Gasteiger partial charge in [-0.15, -0.1) is 11.3 Å². The Morgan fingerprint density at radius 1 is 1.62 bits per heavy atom.